The van der Waals surface area contributed by atoms with Gasteiger partial charge >= 0.3 is 0 Å². The fourth-order valence-electron chi connectivity index (χ4n) is 3.16. The second kappa shape index (κ2) is 7.81. The molecule has 2 N–H and O–H groups in total. The lowest BCUT2D eigenvalue weighted by Crippen LogP contribution is -2.37. The van der Waals surface area contributed by atoms with Crippen molar-refractivity contribution in [1.82, 2.24) is 10.2 Å². The van der Waals surface area contributed by atoms with Gasteiger partial charge in [-0.25, -0.2) is 0 Å². The molecule has 1 fully saturated rings. The van der Waals surface area contributed by atoms with E-state index in [1.54, 1.807) is 0 Å². The second-order valence-corrected chi connectivity index (χ2v) is 6.66. The fraction of sp³-hybridized carbons (Fsp3) is 0.667. The van der Waals surface area contributed by atoms with Crippen LogP contribution < -0.4 is 5.32 Å². The second-order valence-electron chi connectivity index (χ2n) is 6.66. The van der Waals surface area contributed by atoms with E-state index in [2.05, 4.69) is 30.1 Å². The molecule has 1 aliphatic rings. The maximum Gasteiger partial charge on any atom is 0.120 e. The molecule has 1 aromatic carbocycles. The highest BCUT2D eigenvalue weighted by atomic mass is 16.3. The van der Waals surface area contributed by atoms with Crippen LogP contribution in [0.2, 0.25) is 0 Å². The first-order valence-corrected chi connectivity index (χ1v) is 8.31. The van der Waals surface area contributed by atoms with Gasteiger partial charge in [0, 0.05) is 18.2 Å². The van der Waals surface area contributed by atoms with Gasteiger partial charge in [0.25, 0.3) is 0 Å². The third-order valence-electron chi connectivity index (χ3n) is 4.44. The number of likely N-dealkylation sites (tertiary alicyclic amines) is 1. The van der Waals surface area contributed by atoms with Crippen LogP contribution in [-0.2, 0) is 0 Å². The Kier molecular flexibility index (Phi) is 6.07. The van der Waals surface area contributed by atoms with Crippen LogP contribution in [0.3, 0.4) is 0 Å². The molecule has 3 heteroatoms. The van der Waals surface area contributed by atoms with E-state index in [9.17, 15) is 5.11 Å². The monoisotopic (exact) mass is 290 g/mol. The van der Waals surface area contributed by atoms with E-state index in [0.29, 0.717) is 11.7 Å². The Morgan fingerprint density at radius 2 is 1.90 bits per heavy atom. The molecule has 2 atom stereocenters. The molecular weight excluding hydrogens is 260 g/mol. The Bertz CT molecular complexity index is 441. The van der Waals surface area contributed by atoms with E-state index >= 15 is 0 Å². The number of phenols is 1. The van der Waals surface area contributed by atoms with E-state index in [4.69, 9.17) is 0 Å². The number of rotatable bonds is 6. The van der Waals surface area contributed by atoms with Crippen LogP contribution in [0, 0.1) is 12.8 Å². The van der Waals surface area contributed by atoms with Crippen molar-refractivity contribution in [3.05, 3.63) is 29.3 Å². The highest BCUT2D eigenvalue weighted by Gasteiger charge is 2.15. The Morgan fingerprint density at radius 1 is 1.19 bits per heavy atom. The zero-order chi connectivity index (χ0) is 15.2. The van der Waals surface area contributed by atoms with Gasteiger partial charge in [-0.15, -0.1) is 0 Å². The standard InChI is InChI=1S/C18H30N2O/c1-14-7-8-17(18(21)11-14)16(3)19-12-15(2)13-20-9-5-4-6-10-20/h7-8,11,15-16,19,21H,4-6,9-10,12-13H2,1-3H3. The summed E-state index contributed by atoms with van der Waals surface area (Å²) in [6.07, 6.45) is 4.11. The maximum atomic E-state index is 10.0. The summed E-state index contributed by atoms with van der Waals surface area (Å²) in [4.78, 5) is 2.59. The molecule has 0 amide bonds. The molecule has 0 spiro atoms. The van der Waals surface area contributed by atoms with Crippen LogP contribution >= 0.6 is 0 Å². The molecule has 118 valence electrons. The van der Waals surface area contributed by atoms with Gasteiger partial charge < -0.3 is 15.3 Å². The quantitative estimate of drug-likeness (QED) is 0.842. The van der Waals surface area contributed by atoms with Crippen molar-refractivity contribution in [3.8, 4) is 5.75 Å². The van der Waals surface area contributed by atoms with E-state index in [0.717, 1.165) is 17.7 Å². The first kappa shape index (κ1) is 16.3. The lowest BCUT2D eigenvalue weighted by Gasteiger charge is -2.29. The third-order valence-corrected chi connectivity index (χ3v) is 4.44. The van der Waals surface area contributed by atoms with Crippen molar-refractivity contribution < 1.29 is 5.11 Å². The number of hydrogen-bond acceptors (Lipinski definition) is 3. The van der Waals surface area contributed by atoms with Gasteiger partial charge in [0.15, 0.2) is 0 Å². The summed E-state index contributed by atoms with van der Waals surface area (Å²) in [5, 5.41) is 13.6. The summed E-state index contributed by atoms with van der Waals surface area (Å²) in [7, 11) is 0. The number of aromatic hydroxyl groups is 1. The van der Waals surface area contributed by atoms with Crippen LogP contribution in [0.1, 0.15) is 50.3 Å². The van der Waals surface area contributed by atoms with E-state index in [1.807, 2.05) is 19.1 Å². The van der Waals surface area contributed by atoms with Crippen LogP contribution in [0.5, 0.6) is 5.75 Å². The molecule has 21 heavy (non-hydrogen) atoms. The van der Waals surface area contributed by atoms with Gasteiger partial charge in [0.2, 0.25) is 0 Å². The number of aryl methyl sites for hydroxylation is 1. The average molecular weight is 290 g/mol. The molecule has 3 nitrogen and oxygen atoms in total. The van der Waals surface area contributed by atoms with E-state index < -0.39 is 0 Å². The summed E-state index contributed by atoms with van der Waals surface area (Å²) in [5.41, 5.74) is 2.09. The molecule has 1 aromatic rings. The van der Waals surface area contributed by atoms with Gasteiger partial charge in [-0.1, -0.05) is 25.5 Å². The molecule has 1 aliphatic heterocycles. The third kappa shape index (κ3) is 5.01. The van der Waals surface area contributed by atoms with E-state index in [-0.39, 0.29) is 6.04 Å². The van der Waals surface area contributed by atoms with Gasteiger partial charge in [0.1, 0.15) is 5.75 Å². The molecule has 1 heterocycles. The zero-order valence-corrected chi connectivity index (χ0v) is 13.7. The Morgan fingerprint density at radius 3 is 2.57 bits per heavy atom. The van der Waals surface area contributed by atoms with Crippen LogP contribution in [-0.4, -0.2) is 36.2 Å². The van der Waals surface area contributed by atoms with Crippen molar-refractivity contribution in [2.24, 2.45) is 5.92 Å². The molecule has 2 rings (SSSR count). The summed E-state index contributed by atoms with van der Waals surface area (Å²) < 4.78 is 0. The Hall–Kier alpha value is -1.06. The molecule has 1 saturated heterocycles. The summed E-state index contributed by atoms with van der Waals surface area (Å²) >= 11 is 0. The average Bonchev–Trinajstić information content (AvgIpc) is 2.46. The number of benzene rings is 1. The van der Waals surface area contributed by atoms with Crippen molar-refractivity contribution in [3.63, 3.8) is 0 Å². The molecule has 0 bridgehead atoms. The lowest BCUT2D eigenvalue weighted by molar-refractivity contribution is 0.197. The number of hydrogen-bond donors (Lipinski definition) is 2. The minimum absolute atomic E-state index is 0.189. The Balaban J connectivity index is 1.78. The minimum atomic E-state index is 0.189. The lowest BCUT2D eigenvalue weighted by atomic mass is 10.0. The molecule has 0 saturated carbocycles. The smallest absolute Gasteiger partial charge is 0.120 e. The molecular formula is C18H30N2O. The highest BCUT2D eigenvalue weighted by Crippen LogP contribution is 2.25. The molecule has 0 aliphatic carbocycles. The highest BCUT2D eigenvalue weighted by molar-refractivity contribution is 5.37. The number of piperidine rings is 1. The minimum Gasteiger partial charge on any atom is -0.508 e. The summed E-state index contributed by atoms with van der Waals surface area (Å²) in [6, 6.07) is 6.11. The van der Waals surface area contributed by atoms with Gasteiger partial charge in [-0.05, 0) is 63.9 Å². The first-order valence-electron chi connectivity index (χ1n) is 8.31. The topological polar surface area (TPSA) is 35.5 Å². The molecule has 0 aromatic heterocycles. The van der Waals surface area contributed by atoms with Crippen molar-refractivity contribution >= 4 is 0 Å². The number of phenolic OH excluding ortho intramolecular Hbond substituents is 1. The largest absolute Gasteiger partial charge is 0.508 e. The maximum absolute atomic E-state index is 10.0. The van der Waals surface area contributed by atoms with Crippen LogP contribution in [0.25, 0.3) is 0 Å². The fourth-order valence-corrected chi connectivity index (χ4v) is 3.16. The first-order chi connectivity index (χ1) is 10.1. The molecule has 2 unspecified atom stereocenters. The predicted molar refractivity (Wildman–Crippen MR) is 88.7 cm³/mol. The zero-order valence-electron chi connectivity index (χ0n) is 13.7. The number of nitrogens with zero attached hydrogens (tertiary/aromatic N) is 1. The SMILES string of the molecule is Cc1ccc(C(C)NCC(C)CN2CCCCC2)c(O)c1. The van der Waals surface area contributed by atoms with Crippen LogP contribution in [0.4, 0.5) is 0 Å². The normalized spacial score (nSPS) is 19.4. The van der Waals surface area contributed by atoms with E-state index in [1.165, 1.54) is 38.9 Å². The van der Waals surface area contributed by atoms with Gasteiger partial charge in [-0.3, -0.25) is 0 Å². The Labute approximate surface area is 129 Å². The van der Waals surface area contributed by atoms with Crippen molar-refractivity contribution in [1.29, 1.82) is 0 Å². The van der Waals surface area contributed by atoms with Crippen molar-refractivity contribution in [2.75, 3.05) is 26.2 Å². The van der Waals surface area contributed by atoms with Gasteiger partial charge in [0.05, 0.1) is 0 Å². The number of nitrogens with one attached hydrogen (secondary N) is 1. The van der Waals surface area contributed by atoms with Crippen molar-refractivity contribution in [2.45, 2.75) is 46.1 Å². The van der Waals surface area contributed by atoms with Gasteiger partial charge in [-0.2, -0.15) is 0 Å². The van der Waals surface area contributed by atoms with Crippen LogP contribution in [0.15, 0.2) is 18.2 Å². The molecule has 0 radical (unpaired) electrons. The summed E-state index contributed by atoms with van der Waals surface area (Å²) in [6.45, 7) is 11.1. The predicted octanol–water partition coefficient (Wildman–Crippen LogP) is 3.47. The summed E-state index contributed by atoms with van der Waals surface area (Å²) in [5.74, 6) is 1.04.